The maximum absolute atomic E-state index is 12.7. The largest absolute Gasteiger partial charge is 0.495 e. The van der Waals surface area contributed by atoms with Gasteiger partial charge in [0.25, 0.3) is 0 Å². The molecule has 1 fully saturated rings. The average molecular weight is 322 g/mol. The van der Waals surface area contributed by atoms with E-state index in [-0.39, 0.29) is 10.8 Å². The molecule has 1 aliphatic rings. The highest BCUT2D eigenvalue weighted by Gasteiger charge is 2.38. The highest BCUT2D eigenvalue weighted by Crippen LogP contribution is 2.32. The van der Waals surface area contributed by atoms with Crippen LogP contribution >= 0.6 is 0 Å². The number of benzene rings is 1. The molecule has 7 nitrogen and oxygen atoms in total. The van der Waals surface area contributed by atoms with Gasteiger partial charge in [0.2, 0.25) is 10.0 Å². The van der Waals surface area contributed by atoms with Gasteiger partial charge in [0.05, 0.1) is 7.11 Å². The van der Waals surface area contributed by atoms with Gasteiger partial charge < -0.3 is 4.74 Å². The molecule has 8 heteroatoms. The summed E-state index contributed by atoms with van der Waals surface area (Å²) in [6.45, 7) is 3.51. The Bertz CT molecular complexity index is 752. The minimum Gasteiger partial charge on any atom is -0.495 e. The summed E-state index contributed by atoms with van der Waals surface area (Å²) in [4.78, 5) is 4.12. The molecule has 2 heterocycles. The van der Waals surface area contributed by atoms with Crippen LogP contribution in [0.3, 0.4) is 0 Å². The number of hydrogen-bond acceptors (Lipinski definition) is 5. The van der Waals surface area contributed by atoms with E-state index in [4.69, 9.17) is 4.74 Å². The van der Waals surface area contributed by atoms with Gasteiger partial charge in [0.1, 0.15) is 23.3 Å². The maximum Gasteiger partial charge on any atom is 0.246 e. The monoisotopic (exact) mass is 322 g/mol. The Morgan fingerprint density at radius 1 is 1.36 bits per heavy atom. The fourth-order valence-corrected chi connectivity index (χ4v) is 4.38. The summed E-state index contributed by atoms with van der Waals surface area (Å²) in [5, 5.41) is 4.04. The standard InChI is InChI=1S/C14H18N4O3S/c1-11-3-4-13(21-2)14(5-11)22(19,20)18-7-12(8-18)6-17-10-15-9-16-17/h3-5,9-10,12H,6-8H2,1-2H3. The summed E-state index contributed by atoms with van der Waals surface area (Å²) < 4.78 is 33.8. The lowest BCUT2D eigenvalue weighted by molar-refractivity contribution is 0.174. The molecular weight excluding hydrogens is 304 g/mol. The van der Waals surface area contributed by atoms with E-state index in [9.17, 15) is 8.42 Å². The molecule has 1 aromatic heterocycles. The van der Waals surface area contributed by atoms with Gasteiger partial charge in [0.15, 0.2) is 0 Å². The quantitative estimate of drug-likeness (QED) is 0.818. The molecule has 0 aliphatic carbocycles. The predicted molar refractivity (Wildman–Crippen MR) is 80.0 cm³/mol. The molecule has 3 rings (SSSR count). The highest BCUT2D eigenvalue weighted by molar-refractivity contribution is 7.89. The second-order valence-electron chi connectivity index (χ2n) is 5.46. The third-order valence-corrected chi connectivity index (χ3v) is 5.63. The third kappa shape index (κ3) is 2.71. The fourth-order valence-electron chi connectivity index (χ4n) is 2.55. The normalized spacial score (nSPS) is 16.5. The van der Waals surface area contributed by atoms with E-state index in [0.717, 1.165) is 5.56 Å². The van der Waals surface area contributed by atoms with Crippen molar-refractivity contribution in [3.05, 3.63) is 36.4 Å². The second-order valence-corrected chi connectivity index (χ2v) is 7.37. The van der Waals surface area contributed by atoms with Crippen molar-refractivity contribution in [2.75, 3.05) is 20.2 Å². The molecule has 0 atom stereocenters. The summed E-state index contributed by atoms with van der Waals surface area (Å²) in [7, 11) is -2.04. The van der Waals surface area contributed by atoms with Crippen molar-refractivity contribution in [2.24, 2.45) is 5.92 Å². The van der Waals surface area contributed by atoms with E-state index in [0.29, 0.717) is 25.4 Å². The Balaban J connectivity index is 1.74. The molecule has 118 valence electrons. The number of hydrogen-bond donors (Lipinski definition) is 0. The van der Waals surface area contributed by atoms with Crippen molar-refractivity contribution < 1.29 is 13.2 Å². The second kappa shape index (κ2) is 5.69. The number of nitrogens with zero attached hydrogens (tertiary/aromatic N) is 4. The van der Waals surface area contributed by atoms with Gasteiger partial charge in [-0.25, -0.2) is 13.4 Å². The summed E-state index contributed by atoms with van der Waals surface area (Å²) in [6, 6.07) is 5.18. The molecule has 0 spiro atoms. The number of aryl methyl sites for hydroxylation is 1. The van der Waals surface area contributed by atoms with E-state index >= 15 is 0 Å². The van der Waals surface area contributed by atoms with Crippen LogP contribution in [-0.2, 0) is 16.6 Å². The van der Waals surface area contributed by atoms with Crippen molar-refractivity contribution in [3.8, 4) is 5.75 Å². The van der Waals surface area contributed by atoms with Crippen LogP contribution in [0.15, 0.2) is 35.7 Å². The van der Waals surface area contributed by atoms with Crippen LogP contribution in [-0.4, -0.2) is 47.7 Å². The number of ether oxygens (including phenoxy) is 1. The van der Waals surface area contributed by atoms with Gasteiger partial charge in [-0.3, -0.25) is 4.68 Å². The van der Waals surface area contributed by atoms with Crippen LogP contribution in [0.25, 0.3) is 0 Å². The maximum atomic E-state index is 12.7. The number of sulfonamides is 1. The first-order valence-corrected chi connectivity index (χ1v) is 8.42. The van der Waals surface area contributed by atoms with E-state index in [1.807, 2.05) is 13.0 Å². The first kappa shape index (κ1) is 15.0. The molecule has 0 bridgehead atoms. The van der Waals surface area contributed by atoms with Gasteiger partial charge >= 0.3 is 0 Å². The molecule has 2 aromatic rings. The summed E-state index contributed by atoms with van der Waals surface area (Å²) in [5.74, 6) is 0.637. The Kier molecular flexibility index (Phi) is 3.88. The van der Waals surface area contributed by atoms with E-state index in [1.165, 1.54) is 17.7 Å². The zero-order chi connectivity index (χ0) is 15.7. The molecule has 1 saturated heterocycles. The van der Waals surface area contributed by atoms with Gasteiger partial charge in [-0.05, 0) is 24.6 Å². The Morgan fingerprint density at radius 3 is 2.77 bits per heavy atom. The number of rotatable bonds is 5. The zero-order valence-electron chi connectivity index (χ0n) is 12.5. The highest BCUT2D eigenvalue weighted by atomic mass is 32.2. The first-order valence-electron chi connectivity index (χ1n) is 6.98. The van der Waals surface area contributed by atoms with Crippen molar-refractivity contribution in [2.45, 2.75) is 18.4 Å². The molecule has 0 saturated carbocycles. The summed E-state index contributed by atoms with van der Waals surface area (Å²) in [5.41, 5.74) is 0.888. The van der Waals surface area contributed by atoms with Crippen LogP contribution in [0.4, 0.5) is 0 Å². The molecule has 0 radical (unpaired) electrons. The predicted octanol–water partition coefficient (Wildman–Crippen LogP) is 0.916. The van der Waals surface area contributed by atoms with Gasteiger partial charge in [-0.2, -0.15) is 9.40 Å². The van der Waals surface area contributed by atoms with Crippen molar-refractivity contribution in [1.82, 2.24) is 19.1 Å². The van der Waals surface area contributed by atoms with E-state index in [1.54, 1.807) is 23.1 Å². The Morgan fingerprint density at radius 2 is 2.14 bits per heavy atom. The fraction of sp³-hybridized carbons (Fsp3) is 0.429. The van der Waals surface area contributed by atoms with Gasteiger partial charge in [-0.1, -0.05) is 6.07 Å². The van der Waals surface area contributed by atoms with Crippen molar-refractivity contribution >= 4 is 10.0 Å². The average Bonchev–Trinajstić information content (AvgIpc) is 2.95. The molecule has 0 N–H and O–H groups in total. The van der Waals surface area contributed by atoms with E-state index in [2.05, 4.69) is 10.1 Å². The lowest BCUT2D eigenvalue weighted by atomic mass is 10.0. The Labute approximate surface area is 129 Å². The minimum atomic E-state index is -3.52. The van der Waals surface area contributed by atoms with Crippen molar-refractivity contribution in [3.63, 3.8) is 0 Å². The van der Waals surface area contributed by atoms with Crippen LogP contribution in [0.5, 0.6) is 5.75 Å². The van der Waals surface area contributed by atoms with Crippen LogP contribution < -0.4 is 4.74 Å². The van der Waals surface area contributed by atoms with Gasteiger partial charge in [-0.15, -0.1) is 0 Å². The minimum absolute atomic E-state index is 0.231. The Hall–Kier alpha value is -1.93. The first-order chi connectivity index (χ1) is 10.5. The topological polar surface area (TPSA) is 77.3 Å². The molecule has 0 unspecified atom stereocenters. The molecular formula is C14H18N4O3S. The smallest absolute Gasteiger partial charge is 0.246 e. The summed E-state index contributed by atoms with van der Waals surface area (Å²) >= 11 is 0. The number of methoxy groups -OCH3 is 1. The van der Waals surface area contributed by atoms with E-state index < -0.39 is 10.0 Å². The zero-order valence-corrected chi connectivity index (χ0v) is 13.3. The lowest BCUT2D eigenvalue weighted by Gasteiger charge is -2.38. The molecule has 0 amide bonds. The number of aromatic nitrogens is 3. The lowest BCUT2D eigenvalue weighted by Crippen LogP contribution is -2.51. The van der Waals surface area contributed by atoms with Crippen molar-refractivity contribution in [1.29, 1.82) is 0 Å². The van der Waals surface area contributed by atoms with Crippen LogP contribution in [0, 0.1) is 12.8 Å². The van der Waals surface area contributed by atoms with Crippen LogP contribution in [0.2, 0.25) is 0 Å². The summed E-state index contributed by atoms with van der Waals surface area (Å²) in [6.07, 6.45) is 3.12. The third-order valence-electron chi connectivity index (χ3n) is 3.77. The van der Waals surface area contributed by atoms with Gasteiger partial charge in [0, 0.05) is 25.6 Å². The van der Waals surface area contributed by atoms with Crippen LogP contribution in [0.1, 0.15) is 5.56 Å². The SMILES string of the molecule is COc1ccc(C)cc1S(=O)(=O)N1CC(Cn2cncn2)C1. The molecule has 1 aliphatic heterocycles. The molecule has 22 heavy (non-hydrogen) atoms. The molecule has 1 aromatic carbocycles.